The number of fused-ring (bicyclic) bond motifs is 2. The number of halogens is 1. The first-order chi connectivity index (χ1) is 13.3. The van der Waals surface area contributed by atoms with Crippen LogP contribution in [-0.4, -0.2) is 16.8 Å². The normalized spacial score (nSPS) is 12.5. The third-order valence-electron chi connectivity index (χ3n) is 4.54. The third kappa shape index (κ3) is 3.06. The Kier molecular flexibility index (Phi) is 3.87. The van der Waals surface area contributed by atoms with E-state index in [0.717, 1.165) is 45.2 Å². The summed E-state index contributed by atoms with van der Waals surface area (Å²) in [7, 11) is 0. The number of aromatic amines is 1. The Morgan fingerprint density at radius 2 is 1.89 bits per heavy atom. The second-order valence-corrected chi connectivity index (χ2v) is 6.75. The molecule has 0 unspecified atom stereocenters. The fourth-order valence-corrected chi connectivity index (χ4v) is 3.36. The number of rotatable bonds is 4. The molecule has 5 nitrogen and oxygen atoms in total. The van der Waals surface area contributed by atoms with Crippen LogP contribution in [0.2, 0.25) is 5.02 Å². The maximum Gasteiger partial charge on any atom is 0.231 e. The van der Waals surface area contributed by atoms with Gasteiger partial charge in [0.2, 0.25) is 6.79 Å². The first-order valence-corrected chi connectivity index (χ1v) is 9.01. The van der Waals surface area contributed by atoms with Crippen LogP contribution in [0.3, 0.4) is 0 Å². The second kappa shape index (κ2) is 6.52. The van der Waals surface area contributed by atoms with Gasteiger partial charge in [0.05, 0.1) is 16.1 Å². The zero-order valence-electron chi connectivity index (χ0n) is 14.3. The molecule has 0 radical (unpaired) electrons. The van der Waals surface area contributed by atoms with Gasteiger partial charge in [-0.25, -0.2) is 4.98 Å². The molecule has 0 atom stereocenters. The topological polar surface area (TPSA) is 59.2 Å². The number of ether oxygens (including phenoxy) is 2. The lowest BCUT2D eigenvalue weighted by Gasteiger charge is -2.10. The highest BCUT2D eigenvalue weighted by Gasteiger charge is 2.13. The second-order valence-electron chi connectivity index (χ2n) is 6.34. The van der Waals surface area contributed by atoms with Crippen LogP contribution in [0.25, 0.3) is 22.4 Å². The number of nitrogens with zero attached hydrogens (tertiary/aromatic N) is 1. The van der Waals surface area contributed by atoms with Gasteiger partial charge in [0.25, 0.3) is 0 Å². The summed E-state index contributed by atoms with van der Waals surface area (Å²) in [6.45, 7) is 0.947. The van der Waals surface area contributed by atoms with Crippen LogP contribution in [0, 0.1) is 0 Å². The zero-order chi connectivity index (χ0) is 18.2. The van der Waals surface area contributed by atoms with Gasteiger partial charge in [0.15, 0.2) is 11.5 Å². The summed E-state index contributed by atoms with van der Waals surface area (Å²) in [6.07, 6.45) is 0. The molecule has 1 aliphatic heterocycles. The molecule has 6 heteroatoms. The first-order valence-electron chi connectivity index (χ1n) is 8.63. The van der Waals surface area contributed by atoms with Crippen molar-refractivity contribution in [2.45, 2.75) is 6.54 Å². The Labute approximate surface area is 160 Å². The van der Waals surface area contributed by atoms with Crippen molar-refractivity contribution in [3.05, 3.63) is 71.2 Å². The minimum absolute atomic E-state index is 0.282. The number of H-pyrrole nitrogens is 1. The molecule has 134 valence electrons. The highest BCUT2D eigenvalue weighted by molar-refractivity contribution is 6.33. The molecule has 27 heavy (non-hydrogen) atoms. The van der Waals surface area contributed by atoms with Crippen molar-refractivity contribution < 1.29 is 9.47 Å². The molecule has 0 spiro atoms. The molecule has 0 bridgehead atoms. The molecule has 0 fully saturated rings. The van der Waals surface area contributed by atoms with E-state index in [2.05, 4.69) is 15.3 Å². The quantitative estimate of drug-likeness (QED) is 0.511. The van der Waals surface area contributed by atoms with E-state index in [9.17, 15) is 0 Å². The number of aromatic nitrogens is 2. The number of benzene rings is 3. The van der Waals surface area contributed by atoms with E-state index < -0.39 is 0 Å². The van der Waals surface area contributed by atoms with Crippen molar-refractivity contribution in [1.82, 2.24) is 9.97 Å². The lowest BCUT2D eigenvalue weighted by Crippen LogP contribution is -1.99. The van der Waals surface area contributed by atoms with E-state index >= 15 is 0 Å². The van der Waals surface area contributed by atoms with Gasteiger partial charge in [-0.05, 0) is 48.0 Å². The van der Waals surface area contributed by atoms with E-state index in [4.69, 9.17) is 21.1 Å². The van der Waals surface area contributed by atoms with Gasteiger partial charge < -0.3 is 19.8 Å². The minimum Gasteiger partial charge on any atom is -0.454 e. The molecule has 1 aromatic heterocycles. The lowest BCUT2D eigenvalue weighted by molar-refractivity contribution is 0.174. The van der Waals surface area contributed by atoms with Gasteiger partial charge in [-0.15, -0.1) is 0 Å². The molecule has 0 aliphatic carbocycles. The number of imidazole rings is 1. The van der Waals surface area contributed by atoms with Gasteiger partial charge in [-0.3, -0.25) is 0 Å². The average Bonchev–Trinajstić information content (AvgIpc) is 3.33. The number of hydrogen-bond acceptors (Lipinski definition) is 4. The Morgan fingerprint density at radius 3 is 2.81 bits per heavy atom. The number of hydrogen-bond donors (Lipinski definition) is 2. The van der Waals surface area contributed by atoms with Crippen molar-refractivity contribution in [2.24, 2.45) is 0 Å². The van der Waals surface area contributed by atoms with Gasteiger partial charge in [-0.2, -0.15) is 0 Å². The van der Waals surface area contributed by atoms with E-state index in [0.29, 0.717) is 11.6 Å². The molecule has 1 aliphatic rings. The average molecular weight is 378 g/mol. The van der Waals surface area contributed by atoms with Crippen LogP contribution in [0.5, 0.6) is 11.5 Å². The van der Waals surface area contributed by atoms with Crippen LogP contribution >= 0.6 is 11.6 Å². The van der Waals surface area contributed by atoms with Crippen LogP contribution in [0.1, 0.15) is 5.56 Å². The van der Waals surface area contributed by atoms with Crippen molar-refractivity contribution in [1.29, 1.82) is 0 Å². The molecular formula is C21H16ClN3O2. The number of para-hydroxylation sites is 2. The molecule has 5 rings (SSSR count). The molecule has 3 aromatic carbocycles. The van der Waals surface area contributed by atoms with Crippen molar-refractivity contribution >= 4 is 28.3 Å². The highest BCUT2D eigenvalue weighted by atomic mass is 35.5. The standard InChI is InChI=1S/C21H16ClN3O2/c22-16-7-6-14(23-11-13-5-8-19-20(9-13)27-12-26-19)10-15(16)21-24-17-3-1-2-4-18(17)25-21/h1-10,23H,11-12H2,(H,24,25). The van der Waals surface area contributed by atoms with Gasteiger partial charge >= 0.3 is 0 Å². The van der Waals surface area contributed by atoms with Crippen LogP contribution in [-0.2, 0) is 6.54 Å². The summed E-state index contributed by atoms with van der Waals surface area (Å²) in [5.41, 5.74) is 4.85. The summed E-state index contributed by atoms with van der Waals surface area (Å²) in [6, 6.07) is 19.7. The predicted molar refractivity (Wildman–Crippen MR) is 106 cm³/mol. The first kappa shape index (κ1) is 16.0. The van der Waals surface area contributed by atoms with Crippen LogP contribution in [0.4, 0.5) is 5.69 Å². The van der Waals surface area contributed by atoms with Crippen molar-refractivity contribution in [3.63, 3.8) is 0 Å². The van der Waals surface area contributed by atoms with E-state index in [1.165, 1.54) is 0 Å². The SMILES string of the molecule is Clc1ccc(NCc2ccc3c(c2)OCO3)cc1-c1nc2ccccc2[nH]1. The molecule has 4 aromatic rings. The molecule has 2 heterocycles. The molecular weight excluding hydrogens is 362 g/mol. The zero-order valence-corrected chi connectivity index (χ0v) is 15.1. The summed E-state index contributed by atoms with van der Waals surface area (Å²) >= 11 is 6.42. The highest BCUT2D eigenvalue weighted by Crippen LogP contribution is 2.33. The Balaban J connectivity index is 1.40. The number of nitrogens with one attached hydrogen (secondary N) is 2. The summed E-state index contributed by atoms with van der Waals surface area (Å²) in [5, 5.41) is 4.08. The Hall–Kier alpha value is -3.18. The summed E-state index contributed by atoms with van der Waals surface area (Å²) in [4.78, 5) is 7.97. The maximum atomic E-state index is 6.42. The third-order valence-corrected chi connectivity index (χ3v) is 4.87. The fourth-order valence-electron chi connectivity index (χ4n) is 3.15. The predicted octanol–water partition coefficient (Wildman–Crippen LogP) is 5.22. The summed E-state index contributed by atoms with van der Waals surface area (Å²) < 4.78 is 10.8. The minimum atomic E-state index is 0.282. The molecule has 2 N–H and O–H groups in total. The van der Waals surface area contributed by atoms with Gasteiger partial charge in [0, 0.05) is 17.8 Å². The van der Waals surface area contributed by atoms with Gasteiger partial charge in [-0.1, -0.05) is 29.8 Å². The van der Waals surface area contributed by atoms with Crippen LogP contribution in [0.15, 0.2) is 60.7 Å². The van der Waals surface area contributed by atoms with E-state index in [1.54, 1.807) is 0 Å². The fraction of sp³-hybridized carbons (Fsp3) is 0.0952. The number of anilines is 1. The van der Waals surface area contributed by atoms with Crippen LogP contribution < -0.4 is 14.8 Å². The smallest absolute Gasteiger partial charge is 0.231 e. The largest absolute Gasteiger partial charge is 0.454 e. The van der Waals surface area contributed by atoms with Crippen molar-refractivity contribution in [3.8, 4) is 22.9 Å². The van der Waals surface area contributed by atoms with Crippen molar-refractivity contribution in [2.75, 3.05) is 12.1 Å². The summed E-state index contributed by atoms with van der Waals surface area (Å²) in [5.74, 6) is 2.33. The Morgan fingerprint density at radius 1 is 1.00 bits per heavy atom. The monoisotopic (exact) mass is 377 g/mol. The molecule has 0 saturated carbocycles. The van der Waals surface area contributed by atoms with E-state index in [-0.39, 0.29) is 6.79 Å². The van der Waals surface area contributed by atoms with Gasteiger partial charge in [0.1, 0.15) is 5.82 Å². The lowest BCUT2D eigenvalue weighted by atomic mass is 10.1. The molecule has 0 amide bonds. The van der Waals surface area contributed by atoms with E-state index in [1.807, 2.05) is 60.7 Å². The Bertz CT molecular complexity index is 1110. The maximum absolute atomic E-state index is 6.42. The molecule has 0 saturated heterocycles.